The van der Waals surface area contributed by atoms with E-state index in [9.17, 15) is 4.79 Å². The molecule has 0 unspecified atom stereocenters. The Bertz CT molecular complexity index is 914. The average molecular weight is 393 g/mol. The number of halogens is 3. The molecule has 0 aliphatic carbocycles. The van der Waals surface area contributed by atoms with E-state index in [2.05, 4.69) is 15.6 Å². The number of hydrogen-bond donors (Lipinski definition) is 2. The first-order valence-corrected chi connectivity index (χ1v) is 8.40. The maximum atomic E-state index is 12.2. The molecule has 2 aromatic carbocycles. The first-order valence-electron chi connectivity index (χ1n) is 7.26. The van der Waals surface area contributed by atoms with Crippen LogP contribution in [-0.4, -0.2) is 10.9 Å². The number of rotatable bonds is 4. The van der Waals surface area contributed by atoms with Crippen LogP contribution in [-0.2, 0) is 0 Å². The second-order valence-electron chi connectivity index (χ2n) is 5.15. The highest BCUT2D eigenvalue weighted by atomic mass is 35.5. The van der Waals surface area contributed by atoms with E-state index >= 15 is 0 Å². The molecule has 0 radical (unpaired) electrons. The molecule has 3 rings (SSSR count). The Morgan fingerprint density at radius 3 is 2.40 bits per heavy atom. The summed E-state index contributed by atoms with van der Waals surface area (Å²) in [4.78, 5) is 16.5. The minimum Gasteiger partial charge on any atom is -0.340 e. The zero-order chi connectivity index (χ0) is 17.8. The van der Waals surface area contributed by atoms with Crippen molar-refractivity contribution in [2.45, 2.75) is 0 Å². The van der Waals surface area contributed by atoms with Gasteiger partial charge in [-0.05, 0) is 48.5 Å². The third-order valence-corrected chi connectivity index (χ3v) is 4.27. The largest absolute Gasteiger partial charge is 0.340 e. The predicted octanol–water partition coefficient (Wildman–Crippen LogP) is 6.04. The molecule has 0 atom stereocenters. The van der Waals surface area contributed by atoms with E-state index in [4.69, 9.17) is 34.8 Å². The molecule has 3 aromatic rings. The molecule has 0 bridgehead atoms. The van der Waals surface area contributed by atoms with Gasteiger partial charge in [0.1, 0.15) is 5.82 Å². The van der Waals surface area contributed by atoms with Crippen molar-refractivity contribution in [1.82, 2.24) is 4.98 Å². The topological polar surface area (TPSA) is 54.0 Å². The smallest absolute Gasteiger partial charge is 0.255 e. The highest BCUT2D eigenvalue weighted by molar-refractivity contribution is 6.42. The highest BCUT2D eigenvalue weighted by Gasteiger charge is 2.09. The van der Waals surface area contributed by atoms with Crippen LogP contribution in [0.25, 0.3) is 0 Å². The lowest BCUT2D eigenvalue weighted by atomic mass is 10.2. The third-order valence-electron chi connectivity index (χ3n) is 3.30. The molecule has 126 valence electrons. The molecule has 0 saturated carbocycles. The van der Waals surface area contributed by atoms with Gasteiger partial charge in [0, 0.05) is 16.3 Å². The maximum Gasteiger partial charge on any atom is 0.255 e. The van der Waals surface area contributed by atoms with E-state index in [0.29, 0.717) is 32.1 Å². The third kappa shape index (κ3) is 4.63. The summed E-state index contributed by atoms with van der Waals surface area (Å²) in [6, 6.07) is 15.5. The van der Waals surface area contributed by atoms with Crippen LogP contribution in [0.5, 0.6) is 0 Å². The molecular formula is C18H12Cl3N3O. The number of pyridine rings is 1. The Labute approximate surface area is 159 Å². The summed E-state index contributed by atoms with van der Waals surface area (Å²) < 4.78 is 0. The van der Waals surface area contributed by atoms with Gasteiger partial charge in [-0.2, -0.15) is 0 Å². The van der Waals surface area contributed by atoms with Crippen molar-refractivity contribution in [3.63, 3.8) is 0 Å². The summed E-state index contributed by atoms with van der Waals surface area (Å²) in [5.74, 6) is 0.339. The lowest BCUT2D eigenvalue weighted by Crippen LogP contribution is -2.12. The fraction of sp³-hybridized carbons (Fsp3) is 0. The van der Waals surface area contributed by atoms with Gasteiger partial charge in [-0.15, -0.1) is 0 Å². The standard InChI is InChI=1S/C18H12Cl3N3O/c19-12-2-1-3-13(9-12)23-17-7-5-14(10-22-17)24-18(25)11-4-6-15(20)16(21)8-11/h1-10H,(H,22,23)(H,24,25). The van der Waals surface area contributed by atoms with Crippen LogP contribution in [0, 0.1) is 0 Å². The lowest BCUT2D eigenvalue weighted by Gasteiger charge is -2.08. The molecule has 0 spiro atoms. The minimum atomic E-state index is -0.295. The fourth-order valence-electron chi connectivity index (χ4n) is 2.10. The van der Waals surface area contributed by atoms with E-state index in [1.807, 2.05) is 12.1 Å². The van der Waals surface area contributed by atoms with Crippen molar-refractivity contribution in [3.8, 4) is 0 Å². The molecule has 7 heteroatoms. The normalized spacial score (nSPS) is 10.4. The number of aromatic nitrogens is 1. The molecule has 0 fully saturated rings. The van der Waals surface area contributed by atoms with Gasteiger partial charge in [0.15, 0.2) is 0 Å². The molecule has 0 saturated heterocycles. The van der Waals surface area contributed by atoms with Crippen molar-refractivity contribution in [2.24, 2.45) is 0 Å². The van der Waals surface area contributed by atoms with Crippen molar-refractivity contribution in [3.05, 3.63) is 81.4 Å². The Morgan fingerprint density at radius 2 is 1.72 bits per heavy atom. The van der Waals surface area contributed by atoms with Gasteiger partial charge in [-0.25, -0.2) is 4.98 Å². The summed E-state index contributed by atoms with van der Waals surface area (Å²) in [5.41, 5.74) is 1.80. The zero-order valence-corrected chi connectivity index (χ0v) is 15.0. The van der Waals surface area contributed by atoms with Crippen molar-refractivity contribution < 1.29 is 4.79 Å². The number of benzene rings is 2. The predicted molar refractivity (Wildman–Crippen MR) is 103 cm³/mol. The molecule has 1 amide bonds. The van der Waals surface area contributed by atoms with Crippen LogP contribution in [0.4, 0.5) is 17.2 Å². The Morgan fingerprint density at radius 1 is 0.880 bits per heavy atom. The number of hydrogen-bond acceptors (Lipinski definition) is 3. The van der Waals surface area contributed by atoms with Gasteiger partial charge >= 0.3 is 0 Å². The number of nitrogens with one attached hydrogen (secondary N) is 2. The molecule has 0 aliphatic heterocycles. The Balaban J connectivity index is 1.67. The summed E-state index contributed by atoms with van der Waals surface area (Å²) in [5, 5.41) is 7.24. The maximum absolute atomic E-state index is 12.2. The molecule has 4 nitrogen and oxygen atoms in total. The molecule has 1 aromatic heterocycles. The van der Waals surface area contributed by atoms with Crippen molar-refractivity contribution >= 4 is 57.9 Å². The van der Waals surface area contributed by atoms with E-state index in [1.54, 1.807) is 42.6 Å². The highest BCUT2D eigenvalue weighted by Crippen LogP contribution is 2.23. The molecule has 0 aliphatic rings. The second-order valence-corrected chi connectivity index (χ2v) is 6.40. The van der Waals surface area contributed by atoms with E-state index in [0.717, 1.165) is 5.69 Å². The van der Waals surface area contributed by atoms with E-state index in [-0.39, 0.29) is 5.91 Å². The first-order chi connectivity index (χ1) is 12.0. The van der Waals surface area contributed by atoms with Crippen LogP contribution >= 0.6 is 34.8 Å². The van der Waals surface area contributed by atoms with Gasteiger partial charge < -0.3 is 10.6 Å². The SMILES string of the molecule is O=C(Nc1ccc(Nc2cccc(Cl)c2)nc1)c1ccc(Cl)c(Cl)c1. The number of amides is 1. The van der Waals surface area contributed by atoms with E-state index < -0.39 is 0 Å². The zero-order valence-electron chi connectivity index (χ0n) is 12.8. The van der Waals surface area contributed by atoms with Crippen LogP contribution in [0.1, 0.15) is 10.4 Å². The number of carbonyl (C=O) groups is 1. The number of anilines is 3. The van der Waals surface area contributed by atoms with Crippen LogP contribution < -0.4 is 10.6 Å². The summed E-state index contributed by atoms with van der Waals surface area (Å²) >= 11 is 17.7. The van der Waals surface area contributed by atoms with Gasteiger partial charge in [-0.1, -0.05) is 40.9 Å². The summed E-state index contributed by atoms with van der Waals surface area (Å²) in [6.45, 7) is 0. The average Bonchev–Trinajstić information content (AvgIpc) is 2.59. The summed E-state index contributed by atoms with van der Waals surface area (Å²) in [7, 11) is 0. The molecular weight excluding hydrogens is 381 g/mol. The summed E-state index contributed by atoms with van der Waals surface area (Å²) in [6.07, 6.45) is 1.56. The van der Waals surface area contributed by atoms with Crippen LogP contribution in [0.2, 0.25) is 15.1 Å². The Hall–Kier alpha value is -2.27. The van der Waals surface area contributed by atoms with Gasteiger partial charge in [0.25, 0.3) is 5.91 Å². The van der Waals surface area contributed by atoms with Gasteiger partial charge in [-0.3, -0.25) is 4.79 Å². The van der Waals surface area contributed by atoms with Crippen molar-refractivity contribution in [1.29, 1.82) is 0 Å². The van der Waals surface area contributed by atoms with Crippen LogP contribution in [0.3, 0.4) is 0 Å². The quantitative estimate of drug-likeness (QED) is 0.569. The first kappa shape index (κ1) is 17.5. The number of carbonyl (C=O) groups excluding carboxylic acids is 1. The molecule has 25 heavy (non-hydrogen) atoms. The minimum absolute atomic E-state index is 0.295. The van der Waals surface area contributed by atoms with Gasteiger partial charge in [0.05, 0.1) is 21.9 Å². The lowest BCUT2D eigenvalue weighted by molar-refractivity contribution is 0.102. The van der Waals surface area contributed by atoms with Crippen molar-refractivity contribution in [2.75, 3.05) is 10.6 Å². The second kappa shape index (κ2) is 7.74. The fourth-order valence-corrected chi connectivity index (χ4v) is 2.58. The Kier molecular flexibility index (Phi) is 5.43. The van der Waals surface area contributed by atoms with E-state index in [1.165, 1.54) is 6.07 Å². The monoisotopic (exact) mass is 391 g/mol. The van der Waals surface area contributed by atoms with Gasteiger partial charge in [0.2, 0.25) is 0 Å². The van der Waals surface area contributed by atoms with Crippen LogP contribution in [0.15, 0.2) is 60.8 Å². The molecule has 1 heterocycles. The number of nitrogens with zero attached hydrogens (tertiary/aromatic N) is 1. The molecule has 2 N–H and O–H groups in total.